The normalized spacial score (nSPS) is 13.3. The van der Waals surface area contributed by atoms with Crippen molar-refractivity contribution in [3.8, 4) is 0 Å². The highest BCUT2D eigenvalue weighted by atomic mass is 16.7. The summed E-state index contributed by atoms with van der Waals surface area (Å²) in [5, 5.41) is 11.7. The molecule has 0 spiro atoms. The molecule has 0 aromatic carbocycles. The first-order chi connectivity index (χ1) is 32.6. The smallest absolute Gasteiger partial charge is 0.306 e. The van der Waals surface area contributed by atoms with E-state index in [0.717, 1.165) is 70.6 Å². The number of hydrogen-bond donors (Lipinski definition) is 0. The van der Waals surface area contributed by atoms with Gasteiger partial charge >= 0.3 is 11.9 Å². The Kier molecular flexibility index (Phi) is 47.2. The molecule has 0 saturated carbocycles. The second-order valence-electron chi connectivity index (χ2n) is 19.5. The van der Waals surface area contributed by atoms with Crippen molar-refractivity contribution < 1.29 is 42.9 Å². The molecule has 2 atom stereocenters. The Morgan fingerprint density at radius 1 is 0.463 bits per heavy atom. The van der Waals surface area contributed by atoms with Crippen molar-refractivity contribution in [2.75, 3.05) is 47.5 Å². The molecular formula is C58H103NO8. The van der Waals surface area contributed by atoms with E-state index >= 15 is 0 Å². The highest BCUT2D eigenvalue weighted by Crippen LogP contribution is 2.16. The number of rotatable bonds is 50. The number of unbranched alkanes of at least 4 members (excludes halogenated alkanes) is 25. The van der Waals surface area contributed by atoms with Crippen LogP contribution in [0.1, 0.15) is 232 Å². The van der Waals surface area contributed by atoms with Crippen molar-refractivity contribution in [2.24, 2.45) is 0 Å². The van der Waals surface area contributed by atoms with Crippen LogP contribution >= 0.6 is 0 Å². The molecule has 0 bridgehead atoms. The van der Waals surface area contributed by atoms with Crippen molar-refractivity contribution in [1.82, 2.24) is 0 Å². The van der Waals surface area contributed by atoms with E-state index in [2.05, 4.69) is 74.6 Å². The molecule has 0 rings (SSSR count). The van der Waals surface area contributed by atoms with Crippen LogP contribution in [-0.4, -0.2) is 82.3 Å². The molecule has 0 aromatic heterocycles. The molecule has 0 radical (unpaired) electrons. The molecule has 9 nitrogen and oxygen atoms in total. The summed E-state index contributed by atoms with van der Waals surface area (Å²) in [6.07, 6.45) is 58.4. The summed E-state index contributed by atoms with van der Waals surface area (Å²) in [4.78, 5) is 37.2. The van der Waals surface area contributed by atoms with Crippen molar-refractivity contribution in [3.63, 3.8) is 0 Å². The number of carbonyl (C=O) groups excluding carboxylic acids is 3. The van der Waals surface area contributed by atoms with Crippen molar-refractivity contribution in [3.05, 3.63) is 60.8 Å². The third kappa shape index (κ3) is 50.7. The van der Waals surface area contributed by atoms with Gasteiger partial charge in [-0.1, -0.05) is 222 Å². The fourth-order valence-corrected chi connectivity index (χ4v) is 7.56. The van der Waals surface area contributed by atoms with Gasteiger partial charge in [0.2, 0.25) is 0 Å². The van der Waals surface area contributed by atoms with Crippen LogP contribution < -0.4 is 5.11 Å². The molecule has 9 heteroatoms. The summed E-state index contributed by atoms with van der Waals surface area (Å²) in [6, 6.07) is 0. The summed E-state index contributed by atoms with van der Waals surface area (Å²) in [5.41, 5.74) is 0. The first-order valence-electron chi connectivity index (χ1n) is 27.4. The lowest BCUT2D eigenvalue weighted by molar-refractivity contribution is -0.870. The monoisotopic (exact) mass is 942 g/mol. The van der Waals surface area contributed by atoms with Crippen LogP contribution in [0.5, 0.6) is 0 Å². The van der Waals surface area contributed by atoms with E-state index in [1.165, 1.54) is 128 Å². The predicted molar refractivity (Wildman–Crippen MR) is 278 cm³/mol. The van der Waals surface area contributed by atoms with Gasteiger partial charge in [0.25, 0.3) is 0 Å². The Hall–Kier alpha value is -3.01. The lowest BCUT2D eigenvalue weighted by atomic mass is 10.0. The molecule has 0 aliphatic rings. The zero-order valence-corrected chi connectivity index (χ0v) is 44.0. The number of likely N-dealkylation sites (N-methyl/N-ethyl adjacent to an activating group) is 1. The molecule has 0 amide bonds. The van der Waals surface area contributed by atoms with Crippen LogP contribution in [0, 0.1) is 0 Å². The first-order valence-corrected chi connectivity index (χ1v) is 27.4. The summed E-state index contributed by atoms with van der Waals surface area (Å²) in [7, 11) is 5.91. The van der Waals surface area contributed by atoms with Crippen molar-refractivity contribution in [2.45, 2.75) is 245 Å². The lowest BCUT2D eigenvalue weighted by Crippen LogP contribution is -2.44. The summed E-state index contributed by atoms with van der Waals surface area (Å²) in [5.74, 6) is -2.32. The zero-order chi connectivity index (χ0) is 49.2. The van der Waals surface area contributed by atoms with Crippen LogP contribution in [-0.2, 0) is 33.3 Å². The molecule has 0 fully saturated rings. The van der Waals surface area contributed by atoms with E-state index in [0.29, 0.717) is 17.4 Å². The molecule has 67 heavy (non-hydrogen) atoms. The van der Waals surface area contributed by atoms with E-state index < -0.39 is 24.3 Å². The van der Waals surface area contributed by atoms with E-state index in [1.54, 1.807) is 0 Å². The number of allylic oxidation sites excluding steroid dienone is 10. The predicted octanol–water partition coefficient (Wildman–Crippen LogP) is 14.3. The maximum absolute atomic E-state index is 12.8. The molecular weight excluding hydrogens is 839 g/mol. The van der Waals surface area contributed by atoms with Gasteiger partial charge in [0.1, 0.15) is 13.2 Å². The largest absolute Gasteiger partial charge is 0.545 e. The standard InChI is InChI=1S/C58H103NO8/c1-6-8-10-12-14-16-18-20-22-24-26-27-28-29-31-32-34-36-38-40-42-44-46-48-55(60)65-52-54(53-66-58(57(62)63)64-51-50-59(3,4)5)67-56(61)49-47-45-43-41-39-37-35-33-30-25-23-21-19-17-15-13-11-9-7-2/h9,11,15,17,21,23,30,33,37,39,54,58H,6-8,10,12-14,16,18-20,22,24-29,31-32,34-36,38,40-53H2,1-5H3/b11-9-,17-15-,23-21-,33-30-,39-37-. The van der Waals surface area contributed by atoms with Gasteiger partial charge in [-0.2, -0.15) is 0 Å². The zero-order valence-electron chi connectivity index (χ0n) is 44.0. The number of hydrogen-bond acceptors (Lipinski definition) is 8. The molecule has 2 unspecified atom stereocenters. The quantitative estimate of drug-likeness (QED) is 0.0195. The highest BCUT2D eigenvalue weighted by Gasteiger charge is 2.22. The summed E-state index contributed by atoms with van der Waals surface area (Å²) >= 11 is 0. The number of quaternary nitrogens is 1. The maximum Gasteiger partial charge on any atom is 0.306 e. The van der Waals surface area contributed by atoms with Gasteiger partial charge < -0.3 is 33.3 Å². The third-order valence-corrected chi connectivity index (χ3v) is 11.8. The fourth-order valence-electron chi connectivity index (χ4n) is 7.56. The minimum atomic E-state index is -1.63. The van der Waals surface area contributed by atoms with Crippen LogP contribution in [0.15, 0.2) is 60.8 Å². The Bertz CT molecular complexity index is 1280. The Labute approximate surface area is 412 Å². The number of carboxylic acids is 1. The third-order valence-electron chi connectivity index (χ3n) is 11.8. The number of nitrogens with zero attached hydrogens (tertiary/aromatic N) is 1. The number of aliphatic carboxylic acids is 1. The second kappa shape index (κ2) is 49.4. The van der Waals surface area contributed by atoms with Gasteiger partial charge in [-0.15, -0.1) is 0 Å². The minimum absolute atomic E-state index is 0.140. The average molecular weight is 942 g/mol. The summed E-state index contributed by atoms with van der Waals surface area (Å²) in [6.45, 7) is 4.61. The van der Waals surface area contributed by atoms with Crippen LogP contribution in [0.25, 0.3) is 0 Å². The SMILES string of the molecule is CC/C=C\C/C=C\C/C=C\C/C=C\C/C=C\CCCCCC(=O)OC(COC(=O)CCCCCCCCCCCCCCCCCCCCCCCCC)COC(OCC[N+](C)(C)C)C(=O)[O-]. The van der Waals surface area contributed by atoms with Crippen molar-refractivity contribution in [1.29, 1.82) is 0 Å². The Morgan fingerprint density at radius 2 is 0.851 bits per heavy atom. The number of carbonyl (C=O) groups is 3. The molecule has 0 aliphatic heterocycles. The number of esters is 2. The molecule has 388 valence electrons. The minimum Gasteiger partial charge on any atom is -0.545 e. The fraction of sp³-hybridized carbons (Fsp3) is 0.776. The lowest BCUT2D eigenvalue weighted by Gasteiger charge is -2.26. The molecule has 0 aliphatic carbocycles. The van der Waals surface area contributed by atoms with Gasteiger partial charge in [0.15, 0.2) is 12.4 Å². The second-order valence-corrected chi connectivity index (χ2v) is 19.5. The number of carboxylic acid groups (broad SMARTS) is 1. The topological polar surface area (TPSA) is 111 Å². The van der Waals surface area contributed by atoms with Crippen LogP contribution in [0.2, 0.25) is 0 Å². The van der Waals surface area contributed by atoms with Gasteiger partial charge in [0, 0.05) is 12.8 Å². The van der Waals surface area contributed by atoms with Gasteiger partial charge in [-0.3, -0.25) is 9.59 Å². The van der Waals surface area contributed by atoms with E-state index in [4.69, 9.17) is 18.9 Å². The van der Waals surface area contributed by atoms with E-state index in [1.807, 2.05) is 21.1 Å². The van der Waals surface area contributed by atoms with E-state index in [9.17, 15) is 19.5 Å². The van der Waals surface area contributed by atoms with Crippen LogP contribution in [0.4, 0.5) is 0 Å². The molecule has 0 aromatic rings. The Morgan fingerprint density at radius 3 is 1.27 bits per heavy atom. The molecule has 0 heterocycles. The summed E-state index contributed by atoms with van der Waals surface area (Å²) < 4.78 is 22.6. The Balaban J connectivity index is 4.31. The van der Waals surface area contributed by atoms with Gasteiger partial charge in [0.05, 0.1) is 40.3 Å². The number of ether oxygens (including phenoxy) is 4. The highest BCUT2D eigenvalue weighted by molar-refractivity contribution is 5.70. The van der Waals surface area contributed by atoms with Crippen LogP contribution in [0.3, 0.4) is 0 Å². The maximum atomic E-state index is 12.8. The first kappa shape index (κ1) is 64.0. The molecule has 0 saturated heterocycles. The van der Waals surface area contributed by atoms with Crippen molar-refractivity contribution >= 4 is 17.9 Å². The van der Waals surface area contributed by atoms with E-state index in [-0.39, 0.29) is 38.6 Å². The van der Waals surface area contributed by atoms with Gasteiger partial charge in [-0.25, -0.2) is 0 Å². The molecule has 0 N–H and O–H groups in total. The van der Waals surface area contributed by atoms with Gasteiger partial charge in [-0.05, 0) is 57.8 Å². The average Bonchev–Trinajstić information content (AvgIpc) is 3.29.